The standard InChI is InChI=1S/C65H95NO22/c1-13-14-17-24-51-64(7,8)61(73)62(85-53(71)31-42-26-28-43(67)29-27-42)65(75,88-51)44(63(74)66-30-21-20-22-37(2)58(79-12)38(3)47-32-45(68)46(84-47)23-18-15-16-19-25-52(69)70)36-80-54-34-49(77-10)59(40(5)82-54)87-56-35-50(78-11)60(41(6)83-56)86-55-33-48(76-9)57(72)39(4)81-55/h13-29,38-41,44-51,54-62,67-68,72-73,75H,30-36H2,1-12H3,(H,66,74)(H,69,70). The quantitative estimate of drug-likeness (QED) is 0.0322. The number of benzene rings is 1. The van der Waals surface area contributed by atoms with E-state index in [-0.39, 0.29) is 43.6 Å². The Bertz CT molecular complexity index is 2590. The number of phenols is 1. The van der Waals surface area contributed by atoms with Crippen LogP contribution < -0.4 is 5.32 Å². The van der Waals surface area contributed by atoms with Gasteiger partial charge in [0.25, 0.3) is 0 Å². The van der Waals surface area contributed by atoms with Crippen molar-refractivity contribution < 1.29 is 107 Å². The Balaban J connectivity index is 1.20. The predicted octanol–water partition coefficient (Wildman–Crippen LogP) is 5.21. The zero-order chi connectivity index (χ0) is 64.5. The van der Waals surface area contributed by atoms with Crippen molar-refractivity contribution in [1.29, 1.82) is 0 Å². The van der Waals surface area contributed by atoms with E-state index in [1.54, 1.807) is 103 Å². The maximum atomic E-state index is 14.9. The van der Waals surface area contributed by atoms with Crippen molar-refractivity contribution in [3.63, 3.8) is 0 Å². The van der Waals surface area contributed by atoms with Gasteiger partial charge >= 0.3 is 11.9 Å². The van der Waals surface area contributed by atoms with Gasteiger partial charge in [0.1, 0.15) is 42.2 Å². The normalized spacial score (nSPS) is 36.0. The van der Waals surface area contributed by atoms with Crippen molar-refractivity contribution in [2.24, 2.45) is 17.3 Å². The molecule has 88 heavy (non-hydrogen) atoms. The van der Waals surface area contributed by atoms with E-state index < -0.39 is 152 Å². The van der Waals surface area contributed by atoms with Gasteiger partial charge in [-0.2, -0.15) is 0 Å². The molecule has 22 unspecified atom stereocenters. The van der Waals surface area contributed by atoms with Crippen LogP contribution in [-0.2, 0) is 82.4 Å². The van der Waals surface area contributed by atoms with Crippen LogP contribution in [0.5, 0.6) is 5.75 Å². The molecule has 23 heteroatoms. The fourth-order valence-electron chi connectivity index (χ4n) is 11.8. The van der Waals surface area contributed by atoms with Crippen molar-refractivity contribution in [3.8, 4) is 5.75 Å². The summed E-state index contributed by atoms with van der Waals surface area (Å²) >= 11 is 0. The van der Waals surface area contributed by atoms with E-state index in [4.69, 9.17) is 66.7 Å². The fraction of sp³-hybridized carbons (Fsp3) is 0.646. The molecule has 5 aliphatic heterocycles. The molecular formula is C65H95NO22. The van der Waals surface area contributed by atoms with Crippen LogP contribution in [0.4, 0.5) is 0 Å². The highest BCUT2D eigenvalue weighted by molar-refractivity contribution is 5.81. The van der Waals surface area contributed by atoms with Gasteiger partial charge in [0.15, 0.2) is 25.0 Å². The van der Waals surface area contributed by atoms with Crippen LogP contribution in [0.3, 0.4) is 0 Å². The second-order valence-corrected chi connectivity index (χ2v) is 23.6. The number of ether oxygens (including phenoxy) is 13. The molecule has 0 aliphatic carbocycles. The number of phenolic OH excluding ortho intramolecular Hbond substituents is 1. The number of carbonyl (C=O) groups is 3. The van der Waals surface area contributed by atoms with Crippen molar-refractivity contribution in [2.75, 3.05) is 41.6 Å². The Morgan fingerprint density at radius 3 is 1.97 bits per heavy atom. The summed E-state index contributed by atoms with van der Waals surface area (Å²) in [7, 11) is 6.21. The van der Waals surface area contributed by atoms with Gasteiger partial charge in [-0.15, -0.1) is 0 Å². The number of aliphatic carboxylic acids is 1. The number of carbonyl (C=O) groups excluding carboxylic acids is 2. The minimum atomic E-state index is -2.76. The topological polar surface area (TPSA) is 305 Å². The van der Waals surface area contributed by atoms with E-state index in [9.17, 15) is 39.9 Å². The monoisotopic (exact) mass is 1240 g/mol. The molecule has 1 aromatic carbocycles. The minimum absolute atomic E-state index is 0.0178. The number of aliphatic hydroxyl groups is 4. The molecule has 5 aliphatic rings. The number of carboxylic acids is 1. The molecule has 5 fully saturated rings. The molecule has 0 spiro atoms. The van der Waals surface area contributed by atoms with Gasteiger partial charge < -0.3 is 97.5 Å². The predicted molar refractivity (Wildman–Crippen MR) is 320 cm³/mol. The molecule has 7 N–H and O–H groups in total. The molecule has 492 valence electrons. The van der Waals surface area contributed by atoms with Gasteiger partial charge in [0.2, 0.25) is 11.7 Å². The summed E-state index contributed by atoms with van der Waals surface area (Å²) in [5, 5.41) is 68.4. The number of methoxy groups -OCH3 is 4. The van der Waals surface area contributed by atoms with Crippen LogP contribution in [0.15, 0.2) is 109 Å². The Kier molecular flexibility index (Phi) is 27.7. The van der Waals surface area contributed by atoms with Crippen molar-refractivity contribution in [1.82, 2.24) is 5.32 Å². The van der Waals surface area contributed by atoms with Gasteiger partial charge in [0.05, 0.1) is 74.1 Å². The van der Waals surface area contributed by atoms with Crippen molar-refractivity contribution >= 4 is 17.8 Å². The lowest BCUT2D eigenvalue weighted by molar-refractivity contribution is -0.368. The second kappa shape index (κ2) is 33.9. The molecule has 22 atom stereocenters. The van der Waals surface area contributed by atoms with Crippen LogP contribution in [0.2, 0.25) is 0 Å². The molecule has 0 radical (unpaired) electrons. The molecule has 5 saturated heterocycles. The molecule has 5 heterocycles. The van der Waals surface area contributed by atoms with Gasteiger partial charge in [-0.05, 0) is 57.9 Å². The number of esters is 1. The second-order valence-electron chi connectivity index (χ2n) is 23.6. The summed E-state index contributed by atoms with van der Waals surface area (Å²) in [6.07, 6.45) is 7.06. The number of carboxylic acid groups (broad SMARTS) is 1. The van der Waals surface area contributed by atoms with E-state index in [0.29, 0.717) is 18.4 Å². The van der Waals surface area contributed by atoms with E-state index in [1.165, 1.54) is 44.6 Å². The minimum Gasteiger partial charge on any atom is -0.508 e. The highest BCUT2D eigenvalue weighted by Gasteiger charge is 2.63. The molecule has 23 nitrogen and oxygen atoms in total. The fourth-order valence-corrected chi connectivity index (χ4v) is 11.8. The maximum Gasteiger partial charge on any atom is 0.328 e. The van der Waals surface area contributed by atoms with Crippen molar-refractivity contribution in [2.45, 2.75) is 210 Å². The molecule has 0 aromatic heterocycles. The van der Waals surface area contributed by atoms with Gasteiger partial charge in [-0.3, -0.25) is 9.59 Å². The van der Waals surface area contributed by atoms with Gasteiger partial charge in [0, 0.05) is 78.1 Å². The van der Waals surface area contributed by atoms with E-state index in [0.717, 1.165) is 11.6 Å². The average Bonchev–Trinajstić information content (AvgIpc) is 1.07. The van der Waals surface area contributed by atoms with Gasteiger partial charge in [-0.25, -0.2) is 4.79 Å². The number of amides is 1. The summed E-state index contributed by atoms with van der Waals surface area (Å²) in [6, 6.07) is 5.88. The number of hydrogen-bond donors (Lipinski definition) is 7. The molecule has 0 bridgehead atoms. The third-order valence-corrected chi connectivity index (χ3v) is 17.0. The molecule has 0 saturated carbocycles. The lowest BCUT2D eigenvalue weighted by atomic mass is 9.71. The van der Waals surface area contributed by atoms with Crippen LogP contribution in [0.25, 0.3) is 0 Å². The first-order valence-corrected chi connectivity index (χ1v) is 30.1. The zero-order valence-corrected chi connectivity index (χ0v) is 52.6. The SMILES string of the molecule is CC=CC=CC1OC(O)(C(COC2CC(OC)C(OC3CC(OC)C(OC4CC(OC)C(O)C(C)O4)C(C)O3)C(C)O2)C(=O)NCC=CC=C(C)C(OC)C(C)C2CC(O)C(C=CC=CC=CC(=O)O)O2)C(OC(=O)Cc2ccc(O)cc2)C(O)C1(C)C. The van der Waals surface area contributed by atoms with Crippen LogP contribution in [-0.4, -0.2) is 212 Å². The number of aliphatic hydroxyl groups excluding tert-OH is 3. The number of aromatic hydroxyl groups is 1. The van der Waals surface area contributed by atoms with E-state index >= 15 is 0 Å². The highest BCUT2D eigenvalue weighted by Crippen LogP contribution is 2.46. The highest BCUT2D eigenvalue weighted by atomic mass is 16.7. The number of nitrogens with one attached hydrogen (secondary N) is 1. The summed E-state index contributed by atoms with van der Waals surface area (Å²) < 4.78 is 80.4. The Hall–Kier alpha value is -5.03. The lowest BCUT2D eigenvalue weighted by Gasteiger charge is -2.54. The summed E-state index contributed by atoms with van der Waals surface area (Å²) in [4.78, 5) is 39.6. The van der Waals surface area contributed by atoms with Crippen LogP contribution in [0.1, 0.15) is 86.6 Å². The number of hydrogen-bond acceptors (Lipinski definition) is 21. The zero-order valence-electron chi connectivity index (χ0n) is 52.6. The summed E-state index contributed by atoms with van der Waals surface area (Å²) in [5.41, 5.74) is 0.0641. The number of allylic oxidation sites excluding steroid dienone is 9. The Morgan fingerprint density at radius 2 is 1.35 bits per heavy atom. The largest absolute Gasteiger partial charge is 0.508 e. The lowest BCUT2D eigenvalue weighted by Crippen LogP contribution is -2.71. The number of rotatable bonds is 28. The van der Waals surface area contributed by atoms with Crippen LogP contribution in [0, 0.1) is 17.3 Å². The Labute approximate surface area is 516 Å². The smallest absolute Gasteiger partial charge is 0.328 e. The molecule has 1 aromatic rings. The maximum absolute atomic E-state index is 14.9. The molecule has 1 amide bonds. The van der Waals surface area contributed by atoms with Gasteiger partial charge in [-0.1, -0.05) is 106 Å². The van der Waals surface area contributed by atoms with E-state index in [1.807, 2.05) is 33.8 Å². The first-order valence-electron chi connectivity index (χ1n) is 30.1. The molecular weight excluding hydrogens is 1150 g/mol. The first kappa shape index (κ1) is 72.0. The van der Waals surface area contributed by atoms with Crippen LogP contribution >= 0.6 is 0 Å². The van der Waals surface area contributed by atoms with E-state index in [2.05, 4.69) is 5.32 Å². The Morgan fingerprint density at radius 1 is 0.761 bits per heavy atom. The third kappa shape index (κ3) is 19.0. The first-order chi connectivity index (χ1) is 41.9. The third-order valence-electron chi connectivity index (χ3n) is 17.0. The summed E-state index contributed by atoms with van der Waals surface area (Å²) in [6.45, 7) is 13.7. The molecule has 6 rings (SSSR count). The summed E-state index contributed by atoms with van der Waals surface area (Å²) in [5.74, 6) is -7.41. The average molecular weight is 1240 g/mol. The van der Waals surface area contributed by atoms with Crippen molar-refractivity contribution in [3.05, 3.63) is 114 Å².